The molecule has 24 heavy (non-hydrogen) atoms. The van der Waals surface area contributed by atoms with Crippen molar-refractivity contribution in [2.75, 3.05) is 13.7 Å². The van der Waals surface area contributed by atoms with Crippen molar-refractivity contribution in [2.45, 2.75) is 19.9 Å². The van der Waals surface area contributed by atoms with E-state index in [4.69, 9.17) is 4.74 Å². The number of nitrogens with zero attached hydrogens (tertiary/aromatic N) is 4. The number of imidazole rings is 1. The number of aromatic nitrogens is 5. The molecule has 8 heteroatoms. The maximum Gasteiger partial charge on any atom is 0.224 e. The maximum atomic E-state index is 12.1. The Morgan fingerprint density at radius 2 is 2.33 bits per heavy atom. The molecule has 2 heterocycles. The molecule has 0 spiro atoms. The number of hydrogen-bond acceptors (Lipinski definition) is 5. The molecule has 2 N–H and O–H groups in total. The SMILES string of the molecule is COc1ccc2nc(CCNC(=O)[C@H](C)Cn3cncn3)[nH]c2c1. The van der Waals surface area contributed by atoms with Crippen molar-refractivity contribution < 1.29 is 9.53 Å². The molecule has 0 bridgehead atoms. The van der Waals surface area contributed by atoms with Crippen LogP contribution in [-0.2, 0) is 17.8 Å². The Kier molecular flexibility index (Phi) is 4.74. The van der Waals surface area contributed by atoms with Crippen molar-refractivity contribution in [3.8, 4) is 5.75 Å². The quantitative estimate of drug-likeness (QED) is 0.678. The van der Waals surface area contributed by atoms with Gasteiger partial charge in [0.15, 0.2) is 0 Å². The highest BCUT2D eigenvalue weighted by molar-refractivity contribution is 5.78. The second kappa shape index (κ2) is 7.12. The van der Waals surface area contributed by atoms with E-state index in [1.54, 1.807) is 18.1 Å². The molecule has 1 amide bonds. The van der Waals surface area contributed by atoms with Crippen molar-refractivity contribution >= 4 is 16.9 Å². The summed E-state index contributed by atoms with van der Waals surface area (Å²) < 4.78 is 6.85. The molecule has 8 nitrogen and oxygen atoms in total. The van der Waals surface area contributed by atoms with Crippen LogP contribution >= 0.6 is 0 Å². The lowest BCUT2D eigenvalue weighted by molar-refractivity contribution is -0.124. The predicted octanol–water partition coefficient (Wildman–Crippen LogP) is 1.16. The number of amides is 1. The summed E-state index contributed by atoms with van der Waals surface area (Å²) in [5, 5.41) is 6.93. The van der Waals surface area contributed by atoms with Gasteiger partial charge in [0, 0.05) is 19.0 Å². The fourth-order valence-electron chi connectivity index (χ4n) is 2.46. The molecule has 0 fully saturated rings. The van der Waals surface area contributed by atoms with Crippen LogP contribution in [0.4, 0.5) is 0 Å². The van der Waals surface area contributed by atoms with Gasteiger partial charge in [-0.25, -0.2) is 9.97 Å². The fourth-order valence-corrected chi connectivity index (χ4v) is 2.46. The summed E-state index contributed by atoms with van der Waals surface area (Å²) in [6.45, 7) is 2.90. The summed E-state index contributed by atoms with van der Waals surface area (Å²) in [7, 11) is 1.63. The Hall–Kier alpha value is -2.90. The molecule has 0 unspecified atom stereocenters. The van der Waals surface area contributed by atoms with Gasteiger partial charge in [-0.15, -0.1) is 0 Å². The molecule has 3 aromatic rings. The molecule has 0 saturated carbocycles. The van der Waals surface area contributed by atoms with E-state index in [-0.39, 0.29) is 11.8 Å². The molecule has 0 aliphatic rings. The van der Waals surface area contributed by atoms with Crippen LogP contribution in [0.25, 0.3) is 11.0 Å². The number of methoxy groups -OCH3 is 1. The number of rotatable bonds is 7. The Labute approximate surface area is 139 Å². The zero-order chi connectivity index (χ0) is 16.9. The molecule has 0 saturated heterocycles. The zero-order valence-corrected chi connectivity index (χ0v) is 13.7. The first-order chi connectivity index (χ1) is 11.7. The molecule has 0 aliphatic carbocycles. The van der Waals surface area contributed by atoms with Gasteiger partial charge in [0.1, 0.15) is 24.2 Å². The van der Waals surface area contributed by atoms with Gasteiger partial charge in [0.05, 0.1) is 30.6 Å². The van der Waals surface area contributed by atoms with Gasteiger partial charge >= 0.3 is 0 Å². The highest BCUT2D eigenvalue weighted by Gasteiger charge is 2.13. The molecular weight excluding hydrogens is 308 g/mol. The maximum absolute atomic E-state index is 12.1. The van der Waals surface area contributed by atoms with Gasteiger partial charge in [0.2, 0.25) is 5.91 Å². The van der Waals surface area contributed by atoms with Gasteiger partial charge in [-0.05, 0) is 12.1 Å². The molecule has 126 valence electrons. The number of benzene rings is 1. The number of fused-ring (bicyclic) bond motifs is 1. The summed E-state index contributed by atoms with van der Waals surface area (Å²) in [5.41, 5.74) is 1.81. The van der Waals surface area contributed by atoms with Crippen molar-refractivity contribution in [3.63, 3.8) is 0 Å². The lowest BCUT2D eigenvalue weighted by Gasteiger charge is -2.11. The minimum Gasteiger partial charge on any atom is -0.497 e. The lowest BCUT2D eigenvalue weighted by atomic mass is 10.1. The smallest absolute Gasteiger partial charge is 0.224 e. The van der Waals surface area contributed by atoms with E-state index in [0.717, 1.165) is 22.6 Å². The number of ether oxygens (including phenoxy) is 1. The molecule has 3 rings (SSSR count). The Morgan fingerprint density at radius 3 is 3.08 bits per heavy atom. The van der Waals surface area contributed by atoms with Gasteiger partial charge in [-0.2, -0.15) is 5.10 Å². The highest BCUT2D eigenvalue weighted by atomic mass is 16.5. The summed E-state index contributed by atoms with van der Waals surface area (Å²) >= 11 is 0. The number of aromatic amines is 1. The number of carbonyl (C=O) groups excluding carboxylic acids is 1. The van der Waals surface area contributed by atoms with Crippen LogP contribution in [0.3, 0.4) is 0 Å². The van der Waals surface area contributed by atoms with Gasteiger partial charge < -0.3 is 15.0 Å². The average molecular weight is 328 g/mol. The van der Waals surface area contributed by atoms with Crippen LogP contribution in [-0.4, -0.2) is 44.3 Å². The Morgan fingerprint density at radius 1 is 1.46 bits per heavy atom. The van der Waals surface area contributed by atoms with Crippen LogP contribution < -0.4 is 10.1 Å². The largest absolute Gasteiger partial charge is 0.497 e. The normalized spacial score (nSPS) is 12.2. The van der Waals surface area contributed by atoms with Crippen molar-refractivity contribution in [1.29, 1.82) is 0 Å². The molecular formula is C16H20N6O2. The third-order valence-corrected chi connectivity index (χ3v) is 3.77. The fraction of sp³-hybridized carbons (Fsp3) is 0.375. The second-order valence-corrected chi connectivity index (χ2v) is 5.63. The van der Waals surface area contributed by atoms with Gasteiger partial charge in [-0.3, -0.25) is 9.48 Å². The predicted molar refractivity (Wildman–Crippen MR) is 88.5 cm³/mol. The molecule has 2 aromatic heterocycles. The monoisotopic (exact) mass is 328 g/mol. The molecule has 0 radical (unpaired) electrons. The van der Waals surface area contributed by atoms with Crippen molar-refractivity contribution in [3.05, 3.63) is 36.7 Å². The number of H-pyrrole nitrogens is 1. The summed E-state index contributed by atoms with van der Waals surface area (Å²) in [4.78, 5) is 23.7. The van der Waals surface area contributed by atoms with E-state index >= 15 is 0 Å². The van der Waals surface area contributed by atoms with E-state index in [0.29, 0.717) is 19.5 Å². The third-order valence-electron chi connectivity index (χ3n) is 3.77. The van der Waals surface area contributed by atoms with Crippen LogP contribution in [0.15, 0.2) is 30.9 Å². The first-order valence-corrected chi connectivity index (χ1v) is 7.78. The van der Waals surface area contributed by atoms with Crippen LogP contribution in [0.2, 0.25) is 0 Å². The number of hydrogen-bond donors (Lipinski definition) is 2. The first-order valence-electron chi connectivity index (χ1n) is 7.78. The van der Waals surface area contributed by atoms with E-state index in [1.807, 2.05) is 25.1 Å². The van der Waals surface area contributed by atoms with Crippen LogP contribution in [0.5, 0.6) is 5.75 Å². The van der Waals surface area contributed by atoms with Crippen molar-refractivity contribution in [2.24, 2.45) is 5.92 Å². The first kappa shape index (κ1) is 16.0. The minimum absolute atomic E-state index is 0.0109. The summed E-state index contributed by atoms with van der Waals surface area (Å²) in [5.74, 6) is 1.44. The van der Waals surface area contributed by atoms with E-state index in [2.05, 4.69) is 25.4 Å². The third kappa shape index (κ3) is 3.70. The van der Waals surface area contributed by atoms with Gasteiger partial charge in [0.25, 0.3) is 0 Å². The second-order valence-electron chi connectivity index (χ2n) is 5.63. The Balaban J connectivity index is 1.51. The van der Waals surface area contributed by atoms with Crippen LogP contribution in [0.1, 0.15) is 12.7 Å². The number of carbonyl (C=O) groups is 1. The van der Waals surface area contributed by atoms with Crippen LogP contribution in [0, 0.1) is 5.92 Å². The Bertz CT molecular complexity index is 811. The van der Waals surface area contributed by atoms with Crippen molar-refractivity contribution in [1.82, 2.24) is 30.0 Å². The average Bonchev–Trinajstić information content (AvgIpc) is 3.22. The van der Waals surface area contributed by atoms with Gasteiger partial charge in [-0.1, -0.05) is 6.92 Å². The molecule has 1 atom stereocenters. The van der Waals surface area contributed by atoms with E-state index in [1.165, 1.54) is 6.33 Å². The summed E-state index contributed by atoms with van der Waals surface area (Å²) in [6.07, 6.45) is 3.70. The van der Waals surface area contributed by atoms with E-state index < -0.39 is 0 Å². The minimum atomic E-state index is -0.174. The topological polar surface area (TPSA) is 97.7 Å². The van der Waals surface area contributed by atoms with E-state index in [9.17, 15) is 4.79 Å². The zero-order valence-electron chi connectivity index (χ0n) is 13.7. The molecule has 1 aromatic carbocycles. The lowest BCUT2D eigenvalue weighted by Crippen LogP contribution is -2.33. The standard InChI is InChI=1S/C16H20N6O2/c1-11(8-22-10-17-9-19-22)16(23)18-6-5-15-20-13-4-3-12(24-2)7-14(13)21-15/h3-4,7,9-11H,5-6,8H2,1-2H3,(H,18,23)(H,20,21)/t11-/m1/s1. The highest BCUT2D eigenvalue weighted by Crippen LogP contribution is 2.18. The summed E-state index contributed by atoms with van der Waals surface area (Å²) in [6, 6.07) is 5.69. The molecule has 0 aliphatic heterocycles. The number of nitrogens with one attached hydrogen (secondary N) is 2.